The second-order valence-corrected chi connectivity index (χ2v) is 4.00. The highest BCUT2D eigenvalue weighted by Gasteiger charge is 2.10. The molecule has 0 aliphatic rings. The number of nitrogen functional groups attached to an aromatic ring is 1. The van der Waals surface area contributed by atoms with E-state index in [0.717, 1.165) is 8.95 Å². The van der Waals surface area contributed by atoms with Crippen molar-refractivity contribution in [2.24, 2.45) is 0 Å². The first kappa shape index (κ1) is 10.5. The standard InChI is InChI=1S/C8H7Br2NO2/c1-13-8(12)4-2-5(9)7(10)6(11)3-4/h2-3H,11H2,1H3. The van der Waals surface area contributed by atoms with Gasteiger partial charge in [-0.15, -0.1) is 0 Å². The maximum Gasteiger partial charge on any atom is 0.337 e. The summed E-state index contributed by atoms with van der Waals surface area (Å²) in [6.07, 6.45) is 0. The largest absolute Gasteiger partial charge is 0.465 e. The van der Waals surface area contributed by atoms with Crippen LogP contribution >= 0.6 is 31.9 Å². The lowest BCUT2D eigenvalue weighted by Gasteiger charge is -2.04. The molecule has 0 bridgehead atoms. The van der Waals surface area contributed by atoms with E-state index >= 15 is 0 Å². The maximum absolute atomic E-state index is 11.1. The molecular formula is C8H7Br2NO2. The van der Waals surface area contributed by atoms with E-state index in [-0.39, 0.29) is 0 Å². The smallest absolute Gasteiger partial charge is 0.337 e. The number of ether oxygens (including phenoxy) is 1. The summed E-state index contributed by atoms with van der Waals surface area (Å²) in [5.41, 5.74) is 6.55. The molecular weight excluding hydrogens is 302 g/mol. The van der Waals surface area contributed by atoms with Crippen LogP contribution in [0.1, 0.15) is 10.4 Å². The molecule has 0 fully saturated rings. The minimum Gasteiger partial charge on any atom is -0.465 e. The average Bonchev–Trinajstić information content (AvgIpc) is 2.12. The van der Waals surface area contributed by atoms with Gasteiger partial charge in [0.25, 0.3) is 0 Å². The predicted molar refractivity (Wildman–Crippen MR) is 57.6 cm³/mol. The predicted octanol–water partition coefficient (Wildman–Crippen LogP) is 2.58. The van der Waals surface area contributed by atoms with Gasteiger partial charge in [-0.3, -0.25) is 0 Å². The Morgan fingerprint density at radius 1 is 1.46 bits per heavy atom. The van der Waals surface area contributed by atoms with Crippen LogP contribution in [0.5, 0.6) is 0 Å². The second kappa shape index (κ2) is 4.11. The van der Waals surface area contributed by atoms with Crippen LogP contribution in [0.25, 0.3) is 0 Å². The quantitative estimate of drug-likeness (QED) is 0.641. The number of esters is 1. The monoisotopic (exact) mass is 307 g/mol. The maximum atomic E-state index is 11.1. The van der Waals surface area contributed by atoms with Crippen molar-refractivity contribution in [3.05, 3.63) is 26.6 Å². The Morgan fingerprint density at radius 3 is 2.54 bits per heavy atom. The van der Waals surface area contributed by atoms with Crippen molar-refractivity contribution >= 4 is 43.5 Å². The molecule has 2 N–H and O–H groups in total. The van der Waals surface area contributed by atoms with E-state index in [4.69, 9.17) is 5.73 Å². The molecule has 3 nitrogen and oxygen atoms in total. The third-order valence-electron chi connectivity index (χ3n) is 1.48. The zero-order valence-electron chi connectivity index (χ0n) is 6.80. The lowest BCUT2D eigenvalue weighted by atomic mass is 10.2. The zero-order valence-corrected chi connectivity index (χ0v) is 9.98. The number of hydrogen-bond donors (Lipinski definition) is 1. The van der Waals surface area contributed by atoms with Crippen molar-refractivity contribution < 1.29 is 9.53 Å². The number of halogens is 2. The molecule has 0 saturated heterocycles. The fourth-order valence-corrected chi connectivity index (χ4v) is 1.55. The molecule has 0 unspecified atom stereocenters. The molecule has 0 heterocycles. The third kappa shape index (κ3) is 2.22. The molecule has 0 saturated carbocycles. The van der Waals surface area contributed by atoms with Crippen LogP contribution in [0.3, 0.4) is 0 Å². The van der Waals surface area contributed by atoms with Gasteiger partial charge in [0.1, 0.15) is 0 Å². The molecule has 13 heavy (non-hydrogen) atoms. The Bertz CT molecular complexity index is 329. The highest BCUT2D eigenvalue weighted by atomic mass is 79.9. The SMILES string of the molecule is COC(=O)c1cc(N)c(Br)c(Br)c1. The Balaban J connectivity index is 3.20. The molecule has 0 aliphatic heterocycles. The van der Waals surface area contributed by atoms with Gasteiger partial charge >= 0.3 is 5.97 Å². The van der Waals surface area contributed by atoms with Gasteiger partial charge in [-0.25, -0.2) is 4.79 Å². The minimum absolute atomic E-state index is 0.403. The summed E-state index contributed by atoms with van der Waals surface area (Å²) >= 11 is 6.52. The summed E-state index contributed by atoms with van der Waals surface area (Å²) in [5, 5.41) is 0. The highest BCUT2D eigenvalue weighted by molar-refractivity contribution is 9.13. The number of rotatable bonds is 1. The van der Waals surface area contributed by atoms with E-state index < -0.39 is 5.97 Å². The van der Waals surface area contributed by atoms with Gasteiger partial charge in [-0.2, -0.15) is 0 Å². The molecule has 0 radical (unpaired) electrons. The normalized spacial score (nSPS) is 9.77. The zero-order chi connectivity index (χ0) is 10.0. The average molecular weight is 309 g/mol. The molecule has 0 amide bonds. The lowest BCUT2D eigenvalue weighted by molar-refractivity contribution is 0.0600. The minimum atomic E-state index is -0.403. The molecule has 1 aromatic rings. The summed E-state index contributed by atoms with van der Waals surface area (Å²) in [5.74, 6) is -0.403. The van der Waals surface area contributed by atoms with Crippen molar-refractivity contribution in [3.63, 3.8) is 0 Å². The van der Waals surface area contributed by atoms with E-state index in [1.807, 2.05) is 0 Å². The van der Waals surface area contributed by atoms with E-state index in [9.17, 15) is 4.79 Å². The number of methoxy groups -OCH3 is 1. The van der Waals surface area contributed by atoms with Gasteiger partial charge in [-0.05, 0) is 44.0 Å². The van der Waals surface area contributed by atoms with Crippen molar-refractivity contribution in [3.8, 4) is 0 Å². The lowest BCUT2D eigenvalue weighted by Crippen LogP contribution is -2.02. The Labute approximate surface area is 92.5 Å². The first-order chi connectivity index (χ1) is 6.06. The molecule has 0 aromatic heterocycles. The van der Waals surface area contributed by atoms with E-state index in [1.54, 1.807) is 12.1 Å². The van der Waals surface area contributed by atoms with Crippen LogP contribution in [0.15, 0.2) is 21.1 Å². The third-order valence-corrected chi connectivity index (χ3v) is 3.52. The molecule has 0 aliphatic carbocycles. The second-order valence-electron chi connectivity index (χ2n) is 2.35. The summed E-state index contributed by atoms with van der Waals surface area (Å²) in [6.45, 7) is 0. The summed E-state index contributed by atoms with van der Waals surface area (Å²) in [6, 6.07) is 3.20. The number of hydrogen-bond acceptors (Lipinski definition) is 3. The van der Waals surface area contributed by atoms with E-state index in [0.29, 0.717) is 11.3 Å². The van der Waals surface area contributed by atoms with Gasteiger partial charge in [0, 0.05) is 10.2 Å². The topological polar surface area (TPSA) is 52.3 Å². The number of nitrogens with two attached hydrogens (primary N) is 1. The first-order valence-electron chi connectivity index (χ1n) is 3.39. The van der Waals surface area contributed by atoms with Crippen LogP contribution in [-0.2, 0) is 4.74 Å². The van der Waals surface area contributed by atoms with Crippen LogP contribution in [0.2, 0.25) is 0 Å². The summed E-state index contributed by atoms with van der Waals surface area (Å²) in [4.78, 5) is 11.1. The Kier molecular flexibility index (Phi) is 3.33. The van der Waals surface area contributed by atoms with Gasteiger partial charge in [0.05, 0.1) is 17.1 Å². The molecule has 0 atom stereocenters. The fourth-order valence-electron chi connectivity index (χ4n) is 0.846. The van der Waals surface area contributed by atoms with Crippen LogP contribution in [0.4, 0.5) is 5.69 Å². The Morgan fingerprint density at radius 2 is 2.08 bits per heavy atom. The van der Waals surface area contributed by atoms with Crippen molar-refractivity contribution in [1.82, 2.24) is 0 Å². The van der Waals surface area contributed by atoms with Crippen molar-refractivity contribution in [1.29, 1.82) is 0 Å². The summed E-state index contributed by atoms with van der Waals surface area (Å²) < 4.78 is 6.02. The van der Waals surface area contributed by atoms with Crippen molar-refractivity contribution in [2.45, 2.75) is 0 Å². The highest BCUT2D eigenvalue weighted by Crippen LogP contribution is 2.30. The van der Waals surface area contributed by atoms with Crippen LogP contribution < -0.4 is 5.73 Å². The van der Waals surface area contributed by atoms with Crippen LogP contribution in [0, 0.1) is 0 Å². The van der Waals surface area contributed by atoms with Gasteiger partial charge < -0.3 is 10.5 Å². The first-order valence-corrected chi connectivity index (χ1v) is 4.97. The molecule has 1 rings (SSSR count). The van der Waals surface area contributed by atoms with E-state index in [2.05, 4.69) is 36.6 Å². The number of anilines is 1. The fraction of sp³-hybridized carbons (Fsp3) is 0.125. The van der Waals surface area contributed by atoms with E-state index in [1.165, 1.54) is 7.11 Å². The van der Waals surface area contributed by atoms with Gasteiger partial charge in [-0.1, -0.05) is 0 Å². The number of carbonyl (C=O) groups is 1. The van der Waals surface area contributed by atoms with Gasteiger partial charge in [0.15, 0.2) is 0 Å². The summed E-state index contributed by atoms with van der Waals surface area (Å²) in [7, 11) is 1.33. The molecule has 1 aromatic carbocycles. The Hall–Kier alpha value is -0.550. The molecule has 5 heteroatoms. The van der Waals surface area contributed by atoms with Crippen LogP contribution in [-0.4, -0.2) is 13.1 Å². The van der Waals surface area contributed by atoms with Crippen molar-refractivity contribution in [2.75, 3.05) is 12.8 Å². The number of carbonyl (C=O) groups excluding carboxylic acids is 1. The van der Waals surface area contributed by atoms with Gasteiger partial charge in [0.2, 0.25) is 0 Å². The molecule has 70 valence electrons. The molecule has 0 spiro atoms. The number of benzene rings is 1.